The van der Waals surface area contributed by atoms with Crippen LogP contribution in [0.3, 0.4) is 0 Å². The molecule has 156 valence electrons. The van der Waals surface area contributed by atoms with E-state index in [2.05, 4.69) is 24.0 Å². The molecule has 1 saturated carbocycles. The Morgan fingerprint density at radius 3 is 2.54 bits per heavy atom. The number of nitrogen functional groups attached to an aromatic ring is 1. The van der Waals surface area contributed by atoms with Crippen molar-refractivity contribution in [3.05, 3.63) is 12.4 Å². The van der Waals surface area contributed by atoms with Gasteiger partial charge in [-0.2, -0.15) is 14.4 Å². The second-order valence-corrected chi connectivity index (χ2v) is 8.53. The number of imidazole rings is 1. The zero-order valence-corrected chi connectivity index (χ0v) is 15.6. The molecule has 0 spiro atoms. The van der Waals surface area contributed by atoms with E-state index in [9.17, 15) is 18.6 Å². The number of aliphatic hydroxyl groups excluding tert-OH is 1. The second kappa shape index (κ2) is 7.37. The molecule has 4 atom stereocenters. The van der Waals surface area contributed by atoms with E-state index in [-0.39, 0.29) is 23.4 Å². The third kappa shape index (κ3) is 4.54. The maximum atomic E-state index is 13.6. The molecule has 1 fully saturated rings. The quantitative estimate of drug-likeness (QED) is 0.234. The van der Waals surface area contributed by atoms with Crippen molar-refractivity contribution in [2.24, 2.45) is 5.92 Å². The molecule has 2 aromatic heterocycles. The molecule has 28 heavy (non-hydrogen) atoms. The monoisotopic (exact) mass is 443 g/mol. The number of phosphoric ester groups is 2. The number of hydrogen-bond donors (Lipinski definition) is 6. The van der Waals surface area contributed by atoms with Crippen LogP contribution in [0.4, 0.5) is 10.2 Å². The van der Waals surface area contributed by atoms with Crippen LogP contribution in [0.1, 0.15) is 12.5 Å². The highest BCUT2D eigenvalue weighted by molar-refractivity contribution is 7.46. The van der Waals surface area contributed by atoms with Crippen molar-refractivity contribution in [3.8, 4) is 0 Å². The molecule has 0 bridgehead atoms. The number of nitrogens with two attached hydrogens (primary N) is 1. The first-order valence-corrected chi connectivity index (χ1v) is 10.7. The van der Waals surface area contributed by atoms with Crippen molar-refractivity contribution in [1.82, 2.24) is 19.5 Å². The minimum Gasteiger partial charge on any atom is -0.390 e. The number of hydrogen-bond acceptors (Lipinski definition) is 9. The van der Waals surface area contributed by atoms with E-state index in [4.69, 9.17) is 25.3 Å². The molecule has 17 heteroatoms. The molecular formula is C11H16FN5O9P2. The van der Waals surface area contributed by atoms with Crippen molar-refractivity contribution in [3.63, 3.8) is 0 Å². The molecule has 0 saturated heterocycles. The summed E-state index contributed by atoms with van der Waals surface area (Å²) in [6.07, 6.45) is -3.25. The van der Waals surface area contributed by atoms with E-state index in [0.717, 1.165) is 6.33 Å². The SMILES string of the molecule is Nc1nc(F)nc2c1ncn2[C@@H]1C[C@H](COP(=O)(O)O)[C@H](O)C1OP(=O)(O)O. The predicted molar refractivity (Wildman–Crippen MR) is 87.8 cm³/mol. The third-order valence-electron chi connectivity index (χ3n) is 4.24. The average molecular weight is 443 g/mol. The zero-order valence-electron chi connectivity index (χ0n) is 13.8. The van der Waals surface area contributed by atoms with Gasteiger partial charge < -0.3 is 35.0 Å². The van der Waals surface area contributed by atoms with Crippen LogP contribution >= 0.6 is 15.6 Å². The molecular weight excluding hydrogens is 427 g/mol. The number of halogens is 1. The molecule has 7 N–H and O–H groups in total. The van der Waals surface area contributed by atoms with Gasteiger partial charge >= 0.3 is 21.7 Å². The van der Waals surface area contributed by atoms with E-state index in [0.29, 0.717) is 0 Å². The van der Waals surface area contributed by atoms with Crippen LogP contribution in [0, 0.1) is 12.0 Å². The smallest absolute Gasteiger partial charge is 0.390 e. The third-order valence-corrected chi connectivity index (χ3v) is 5.24. The van der Waals surface area contributed by atoms with E-state index >= 15 is 0 Å². The summed E-state index contributed by atoms with van der Waals surface area (Å²) >= 11 is 0. The van der Waals surface area contributed by atoms with Crippen LogP contribution in [0.15, 0.2) is 6.33 Å². The summed E-state index contributed by atoms with van der Waals surface area (Å²) in [6, 6.07) is -1.04. The topological polar surface area (TPSA) is 223 Å². The molecule has 0 radical (unpaired) electrons. The summed E-state index contributed by atoms with van der Waals surface area (Å²) in [4.78, 5) is 46.8. The van der Waals surface area contributed by atoms with Crippen LogP contribution in [0.2, 0.25) is 0 Å². The van der Waals surface area contributed by atoms with Crippen LogP contribution in [-0.4, -0.2) is 63.0 Å². The maximum absolute atomic E-state index is 13.6. The lowest BCUT2D eigenvalue weighted by atomic mass is 10.1. The number of aliphatic hydroxyl groups is 1. The van der Waals surface area contributed by atoms with E-state index in [1.54, 1.807) is 0 Å². The van der Waals surface area contributed by atoms with Crippen molar-refractivity contribution >= 4 is 32.6 Å². The minimum absolute atomic E-state index is 0.0146. The van der Waals surface area contributed by atoms with Gasteiger partial charge in [0, 0.05) is 5.92 Å². The summed E-state index contributed by atoms with van der Waals surface area (Å²) in [7, 11) is -9.92. The standard InChI is InChI=1S/C11H16FN5O9P2/c12-11-15-9(13)6-10(16-11)17(3-14-6)5-1-4(2-25-27(19,20)21)7(18)8(5)26-28(22,23)24/h3-5,7-8,18H,1-2H2,(H2,13,15,16)(H2,19,20,21)(H2,22,23,24)/t4-,5-,7+,8?/m1/s1. The number of rotatable bonds is 6. The minimum atomic E-state index is -5.07. The van der Waals surface area contributed by atoms with Crippen LogP contribution in [0.5, 0.6) is 0 Å². The molecule has 14 nitrogen and oxygen atoms in total. The number of aromatic nitrogens is 4. The van der Waals surface area contributed by atoms with Gasteiger partial charge in [-0.05, 0) is 6.42 Å². The van der Waals surface area contributed by atoms with Crippen molar-refractivity contribution < 1.29 is 47.2 Å². The Hall–Kier alpha value is -1.54. The van der Waals surface area contributed by atoms with E-state index < -0.39 is 52.5 Å². The van der Waals surface area contributed by atoms with Crippen LogP contribution in [0.25, 0.3) is 11.2 Å². The highest BCUT2D eigenvalue weighted by Crippen LogP contribution is 2.48. The van der Waals surface area contributed by atoms with E-state index in [1.807, 2.05) is 0 Å². The molecule has 3 rings (SSSR count). The number of nitrogens with zero attached hydrogens (tertiary/aromatic N) is 4. The molecule has 1 aliphatic carbocycles. The molecule has 1 aliphatic rings. The van der Waals surface area contributed by atoms with Gasteiger partial charge in [-0.3, -0.25) is 9.05 Å². The first-order chi connectivity index (χ1) is 12.9. The van der Waals surface area contributed by atoms with Gasteiger partial charge in [0.25, 0.3) is 0 Å². The summed E-state index contributed by atoms with van der Waals surface area (Å²) < 4.78 is 46.0. The Morgan fingerprint density at radius 2 is 1.93 bits per heavy atom. The van der Waals surface area contributed by atoms with Crippen molar-refractivity contribution in [1.29, 1.82) is 0 Å². The molecule has 1 unspecified atom stereocenters. The molecule has 2 heterocycles. The molecule has 0 aromatic carbocycles. The number of anilines is 1. The highest BCUT2D eigenvalue weighted by atomic mass is 31.2. The predicted octanol–water partition coefficient (Wildman–Crippen LogP) is -0.943. The Bertz CT molecular complexity index is 977. The van der Waals surface area contributed by atoms with Gasteiger partial charge in [0.1, 0.15) is 11.6 Å². The number of fused-ring (bicyclic) bond motifs is 1. The van der Waals surface area contributed by atoms with Gasteiger partial charge in [-0.1, -0.05) is 0 Å². The lowest BCUT2D eigenvalue weighted by Gasteiger charge is -2.24. The fourth-order valence-electron chi connectivity index (χ4n) is 3.16. The molecule has 2 aromatic rings. The average Bonchev–Trinajstić information content (AvgIpc) is 3.06. The Labute approximate surface area is 155 Å². The Balaban J connectivity index is 1.99. The zero-order chi connectivity index (χ0) is 20.9. The van der Waals surface area contributed by atoms with E-state index in [1.165, 1.54) is 4.57 Å². The Kier molecular flexibility index (Phi) is 5.57. The van der Waals surface area contributed by atoms with Crippen molar-refractivity contribution in [2.75, 3.05) is 12.3 Å². The fraction of sp³-hybridized carbons (Fsp3) is 0.545. The largest absolute Gasteiger partial charge is 0.470 e. The maximum Gasteiger partial charge on any atom is 0.470 e. The van der Waals surface area contributed by atoms with Gasteiger partial charge in [-0.25, -0.2) is 14.1 Å². The fourth-order valence-corrected chi connectivity index (χ4v) is 4.12. The second-order valence-electron chi connectivity index (χ2n) is 6.10. The van der Waals surface area contributed by atoms with Gasteiger partial charge in [-0.15, -0.1) is 0 Å². The molecule has 0 aliphatic heterocycles. The first kappa shape index (κ1) is 21.2. The normalized spacial score (nSPS) is 26.2. The number of phosphoric acid groups is 2. The van der Waals surface area contributed by atoms with Crippen molar-refractivity contribution in [2.45, 2.75) is 24.7 Å². The summed E-state index contributed by atoms with van der Waals surface area (Å²) in [5.74, 6) is -1.25. The highest BCUT2D eigenvalue weighted by Gasteiger charge is 2.48. The Morgan fingerprint density at radius 1 is 1.25 bits per heavy atom. The van der Waals surface area contributed by atoms with Gasteiger partial charge in [0.05, 0.1) is 25.1 Å². The van der Waals surface area contributed by atoms with Gasteiger partial charge in [0.2, 0.25) is 0 Å². The van der Waals surface area contributed by atoms with Crippen LogP contribution in [-0.2, 0) is 18.2 Å². The van der Waals surface area contributed by atoms with Crippen LogP contribution < -0.4 is 5.73 Å². The summed E-state index contributed by atoms with van der Waals surface area (Å²) in [5.41, 5.74) is 5.48. The summed E-state index contributed by atoms with van der Waals surface area (Å²) in [6.45, 7) is -0.624. The lowest BCUT2D eigenvalue weighted by molar-refractivity contribution is -0.00435. The lowest BCUT2D eigenvalue weighted by Crippen LogP contribution is -2.32. The molecule has 0 amide bonds. The summed E-state index contributed by atoms with van der Waals surface area (Å²) in [5, 5.41) is 10.4. The van der Waals surface area contributed by atoms with Gasteiger partial charge in [0.15, 0.2) is 11.5 Å². The first-order valence-electron chi connectivity index (χ1n) is 7.63.